The summed E-state index contributed by atoms with van der Waals surface area (Å²) in [7, 11) is -2.55. The van der Waals surface area contributed by atoms with Gasteiger partial charge in [-0.25, -0.2) is 12.8 Å². The van der Waals surface area contributed by atoms with Gasteiger partial charge in [0, 0.05) is 18.2 Å². The second kappa shape index (κ2) is 9.41. The van der Waals surface area contributed by atoms with Crippen molar-refractivity contribution in [2.24, 2.45) is 0 Å². The quantitative estimate of drug-likeness (QED) is 0.597. The first kappa shape index (κ1) is 21.3. The summed E-state index contributed by atoms with van der Waals surface area (Å²) in [5.74, 6) is -0.563. The fourth-order valence-electron chi connectivity index (χ4n) is 2.82. The minimum atomic E-state index is -4.02. The number of nitrogens with one attached hydrogen (secondary N) is 1. The second-order valence-electron chi connectivity index (χ2n) is 6.39. The molecule has 1 amide bonds. The summed E-state index contributed by atoms with van der Waals surface area (Å²) in [6.45, 7) is -0.526. The first-order chi connectivity index (χ1) is 14.4. The van der Waals surface area contributed by atoms with E-state index in [-0.39, 0.29) is 17.1 Å². The molecule has 156 valence electrons. The maximum atomic E-state index is 13.8. The molecule has 0 aromatic heterocycles. The summed E-state index contributed by atoms with van der Waals surface area (Å²) in [6.07, 6.45) is 0. The van der Waals surface area contributed by atoms with Gasteiger partial charge in [-0.2, -0.15) is 0 Å². The van der Waals surface area contributed by atoms with Crippen molar-refractivity contribution in [3.8, 4) is 5.75 Å². The first-order valence-electron chi connectivity index (χ1n) is 9.14. The zero-order valence-electron chi connectivity index (χ0n) is 16.3. The molecule has 0 spiro atoms. The van der Waals surface area contributed by atoms with Crippen LogP contribution in [0.15, 0.2) is 83.8 Å². The number of halogens is 1. The Kier molecular flexibility index (Phi) is 6.68. The van der Waals surface area contributed by atoms with Crippen LogP contribution >= 0.6 is 0 Å². The molecule has 3 aromatic carbocycles. The minimum Gasteiger partial charge on any atom is -0.497 e. The molecule has 3 rings (SSSR count). The van der Waals surface area contributed by atoms with E-state index in [4.69, 9.17) is 4.74 Å². The molecule has 0 radical (unpaired) electrons. The van der Waals surface area contributed by atoms with E-state index in [9.17, 15) is 17.6 Å². The van der Waals surface area contributed by atoms with Gasteiger partial charge in [0.05, 0.1) is 17.7 Å². The molecule has 0 bridgehead atoms. The van der Waals surface area contributed by atoms with Crippen molar-refractivity contribution in [2.45, 2.75) is 11.4 Å². The number of hydrogen-bond donors (Lipinski definition) is 1. The highest BCUT2D eigenvalue weighted by Gasteiger charge is 2.27. The number of rotatable bonds is 8. The van der Waals surface area contributed by atoms with Crippen molar-refractivity contribution < 1.29 is 22.3 Å². The van der Waals surface area contributed by atoms with Gasteiger partial charge in [0.25, 0.3) is 10.0 Å². The number of methoxy groups -OCH3 is 1. The molecule has 0 aliphatic heterocycles. The monoisotopic (exact) mass is 428 g/mol. The van der Waals surface area contributed by atoms with E-state index in [0.717, 1.165) is 4.31 Å². The standard InChI is InChI=1S/C22H21FN2O4S/c1-29-19-10-7-9-18(14-19)25(30(27,28)20-11-3-2-4-12-20)16-22(26)24-15-17-8-5-6-13-21(17)23/h2-14H,15-16H2,1H3,(H,24,26). The third-order valence-corrected chi connectivity index (χ3v) is 6.18. The lowest BCUT2D eigenvalue weighted by Gasteiger charge is -2.24. The predicted octanol–water partition coefficient (Wildman–Crippen LogP) is 3.35. The number of amides is 1. The number of benzene rings is 3. The average Bonchev–Trinajstić information content (AvgIpc) is 2.77. The SMILES string of the molecule is COc1cccc(N(CC(=O)NCc2ccccc2F)S(=O)(=O)c2ccccc2)c1. The molecule has 0 atom stereocenters. The number of sulfonamides is 1. The van der Waals surface area contributed by atoms with E-state index in [1.54, 1.807) is 54.6 Å². The normalized spacial score (nSPS) is 11.0. The Morgan fingerprint density at radius 3 is 2.40 bits per heavy atom. The summed E-state index contributed by atoms with van der Waals surface area (Å²) in [5, 5.41) is 2.58. The van der Waals surface area contributed by atoms with Crippen LogP contribution in [0.1, 0.15) is 5.56 Å². The van der Waals surface area contributed by atoms with Crippen LogP contribution in [-0.4, -0.2) is 28.0 Å². The van der Waals surface area contributed by atoms with Crippen LogP contribution in [0.25, 0.3) is 0 Å². The first-order valence-corrected chi connectivity index (χ1v) is 10.6. The predicted molar refractivity (Wildman–Crippen MR) is 112 cm³/mol. The summed E-state index contributed by atoms with van der Waals surface area (Å²) in [6, 6.07) is 20.3. The van der Waals surface area contributed by atoms with E-state index in [1.165, 1.54) is 31.4 Å². The van der Waals surface area contributed by atoms with Crippen LogP contribution in [0.2, 0.25) is 0 Å². The molecule has 3 aromatic rings. The highest BCUT2D eigenvalue weighted by atomic mass is 32.2. The third kappa shape index (κ3) is 4.96. The van der Waals surface area contributed by atoms with Gasteiger partial charge in [-0.15, -0.1) is 0 Å². The Balaban J connectivity index is 1.87. The van der Waals surface area contributed by atoms with Gasteiger partial charge in [0.15, 0.2) is 0 Å². The molecule has 0 aliphatic rings. The molecule has 8 heteroatoms. The fourth-order valence-corrected chi connectivity index (χ4v) is 4.26. The highest BCUT2D eigenvalue weighted by molar-refractivity contribution is 7.92. The summed E-state index contributed by atoms with van der Waals surface area (Å²) >= 11 is 0. The average molecular weight is 428 g/mol. The van der Waals surface area contributed by atoms with E-state index in [2.05, 4.69) is 5.32 Å². The molecule has 0 saturated carbocycles. The summed E-state index contributed by atoms with van der Waals surface area (Å²) in [4.78, 5) is 12.6. The van der Waals surface area contributed by atoms with Gasteiger partial charge in [-0.3, -0.25) is 9.10 Å². The maximum absolute atomic E-state index is 13.8. The van der Waals surface area contributed by atoms with Crippen LogP contribution in [0.4, 0.5) is 10.1 Å². The Labute approximate surface area is 175 Å². The molecule has 0 saturated heterocycles. The topological polar surface area (TPSA) is 75.7 Å². The number of carbonyl (C=O) groups is 1. The van der Waals surface area contributed by atoms with Crippen LogP contribution in [0.5, 0.6) is 5.75 Å². The van der Waals surface area contributed by atoms with Crippen LogP contribution in [0.3, 0.4) is 0 Å². The fraction of sp³-hybridized carbons (Fsp3) is 0.136. The number of anilines is 1. The molecule has 0 fully saturated rings. The van der Waals surface area contributed by atoms with Crippen molar-refractivity contribution >= 4 is 21.6 Å². The minimum absolute atomic E-state index is 0.0507. The number of carbonyl (C=O) groups excluding carboxylic acids is 1. The highest BCUT2D eigenvalue weighted by Crippen LogP contribution is 2.26. The molecule has 1 N–H and O–H groups in total. The van der Waals surface area contributed by atoms with Crippen molar-refractivity contribution in [3.63, 3.8) is 0 Å². The number of hydrogen-bond acceptors (Lipinski definition) is 4. The Morgan fingerprint density at radius 1 is 1.00 bits per heavy atom. The molecular formula is C22H21FN2O4S. The second-order valence-corrected chi connectivity index (χ2v) is 8.26. The Hall–Kier alpha value is -3.39. The van der Waals surface area contributed by atoms with Crippen LogP contribution < -0.4 is 14.4 Å². The zero-order chi connectivity index (χ0) is 21.6. The Morgan fingerprint density at radius 2 is 1.70 bits per heavy atom. The molecular weight excluding hydrogens is 407 g/mol. The van der Waals surface area contributed by atoms with Crippen molar-refractivity contribution in [3.05, 3.63) is 90.2 Å². The zero-order valence-corrected chi connectivity index (χ0v) is 17.1. The molecule has 6 nitrogen and oxygen atoms in total. The van der Waals surface area contributed by atoms with Crippen LogP contribution in [0, 0.1) is 5.82 Å². The van der Waals surface area contributed by atoms with Gasteiger partial charge in [0.1, 0.15) is 18.1 Å². The van der Waals surface area contributed by atoms with Crippen LogP contribution in [-0.2, 0) is 21.4 Å². The molecule has 0 unspecified atom stereocenters. The molecule has 30 heavy (non-hydrogen) atoms. The van der Waals surface area contributed by atoms with Gasteiger partial charge >= 0.3 is 0 Å². The van der Waals surface area contributed by atoms with Crippen molar-refractivity contribution in [1.29, 1.82) is 0 Å². The van der Waals surface area contributed by atoms with E-state index in [0.29, 0.717) is 11.3 Å². The maximum Gasteiger partial charge on any atom is 0.264 e. The lowest BCUT2D eigenvalue weighted by atomic mass is 10.2. The summed E-state index contributed by atoms with van der Waals surface area (Å²) < 4.78 is 46.5. The van der Waals surface area contributed by atoms with Crippen molar-refractivity contribution in [2.75, 3.05) is 18.0 Å². The van der Waals surface area contributed by atoms with Gasteiger partial charge in [-0.1, -0.05) is 42.5 Å². The van der Waals surface area contributed by atoms with E-state index >= 15 is 0 Å². The number of nitrogens with zero attached hydrogens (tertiary/aromatic N) is 1. The van der Waals surface area contributed by atoms with Gasteiger partial charge in [0.2, 0.25) is 5.91 Å². The van der Waals surface area contributed by atoms with E-state index in [1.807, 2.05) is 0 Å². The van der Waals surface area contributed by atoms with Crippen molar-refractivity contribution in [1.82, 2.24) is 5.32 Å². The molecule has 0 heterocycles. The third-order valence-electron chi connectivity index (χ3n) is 4.39. The van der Waals surface area contributed by atoms with Gasteiger partial charge in [-0.05, 0) is 30.3 Å². The van der Waals surface area contributed by atoms with Gasteiger partial charge < -0.3 is 10.1 Å². The number of ether oxygens (including phenoxy) is 1. The molecule has 0 aliphatic carbocycles. The Bertz CT molecular complexity index is 1120. The lowest BCUT2D eigenvalue weighted by Crippen LogP contribution is -2.40. The smallest absolute Gasteiger partial charge is 0.264 e. The lowest BCUT2D eigenvalue weighted by molar-refractivity contribution is -0.119. The van der Waals surface area contributed by atoms with E-state index < -0.39 is 28.3 Å². The largest absolute Gasteiger partial charge is 0.497 e. The summed E-state index contributed by atoms with van der Waals surface area (Å²) in [5.41, 5.74) is 0.587.